The van der Waals surface area contributed by atoms with Gasteiger partial charge in [-0.15, -0.1) is 0 Å². The van der Waals surface area contributed by atoms with Crippen LogP contribution in [0.1, 0.15) is 11.3 Å². The van der Waals surface area contributed by atoms with E-state index < -0.39 is 0 Å². The second-order valence-electron chi connectivity index (χ2n) is 2.05. The lowest BCUT2D eigenvalue weighted by atomic mass is 10.2. The van der Waals surface area contributed by atoms with E-state index in [1.807, 2.05) is 6.07 Å². The van der Waals surface area contributed by atoms with Crippen LogP contribution in [0.5, 0.6) is 0 Å². The Bertz CT molecular complexity index is 358. The Labute approximate surface area is 68.9 Å². The summed E-state index contributed by atoms with van der Waals surface area (Å²) in [6.07, 6.45) is 1.51. The normalized spacial score (nSPS) is 8.25. The molecule has 0 atom stereocenters. The molecule has 1 aromatic heterocycles. The predicted octanol–water partition coefficient (Wildman–Crippen LogP) is 1.76. The number of hydrogen-bond acceptors (Lipinski definition) is 3. The molecular weight excluding hydrogens is 154 g/mol. The lowest BCUT2D eigenvalue weighted by Gasteiger charge is -1.93. The molecule has 0 N–H and O–H groups in total. The molecule has 0 aromatic carbocycles. The van der Waals surface area contributed by atoms with E-state index >= 15 is 0 Å². The minimum atomic E-state index is 0.258. The van der Waals surface area contributed by atoms with E-state index in [1.54, 1.807) is 12.1 Å². The fraction of sp³-hybridized carbons (Fsp3) is 0.143. The van der Waals surface area contributed by atoms with Crippen molar-refractivity contribution in [3.05, 3.63) is 40.0 Å². The van der Waals surface area contributed by atoms with Crippen molar-refractivity contribution in [2.24, 2.45) is 5.11 Å². The van der Waals surface area contributed by atoms with E-state index in [2.05, 4.69) is 15.0 Å². The van der Waals surface area contributed by atoms with E-state index in [9.17, 15) is 0 Å². The van der Waals surface area contributed by atoms with Crippen LogP contribution >= 0.6 is 0 Å². The van der Waals surface area contributed by atoms with Gasteiger partial charge in [0.2, 0.25) is 0 Å². The predicted molar refractivity (Wildman–Crippen MR) is 41.8 cm³/mol. The zero-order valence-corrected chi connectivity index (χ0v) is 6.18. The minimum Gasteiger partial charge on any atom is -0.246 e. The Balaban J connectivity index is 2.88. The highest BCUT2D eigenvalue weighted by Crippen LogP contribution is 2.02. The van der Waals surface area contributed by atoms with Gasteiger partial charge in [0.25, 0.3) is 0 Å². The number of hydrogen-bond donors (Lipinski definition) is 0. The van der Waals surface area contributed by atoms with Crippen molar-refractivity contribution in [1.29, 1.82) is 5.26 Å². The number of aromatic nitrogens is 1. The fourth-order valence-electron chi connectivity index (χ4n) is 0.747. The Kier molecular flexibility index (Phi) is 2.66. The Morgan fingerprint density at radius 1 is 1.75 bits per heavy atom. The molecule has 5 nitrogen and oxygen atoms in total. The number of nitrogens with zero attached hydrogens (tertiary/aromatic N) is 5. The van der Waals surface area contributed by atoms with Crippen molar-refractivity contribution in [3.8, 4) is 6.07 Å². The molecule has 0 unspecified atom stereocenters. The van der Waals surface area contributed by atoms with Gasteiger partial charge in [-0.2, -0.15) is 5.26 Å². The van der Waals surface area contributed by atoms with Crippen molar-refractivity contribution < 1.29 is 0 Å². The second-order valence-corrected chi connectivity index (χ2v) is 2.05. The molecular formula is C7H5N5. The van der Waals surface area contributed by atoms with Crippen LogP contribution in [0.4, 0.5) is 0 Å². The maximum Gasteiger partial charge on any atom is 0.140 e. The molecule has 5 heteroatoms. The molecule has 1 heterocycles. The van der Waals surface area contributed by atoms with Crippen molar-refractivity contribution in [1.82, 2.24) is 4.98 Å². The number of nitriles is 1. The molecule has 0 amide bonds. The maximum atomic E-state index is 8.47. The first-order valence-corrected chi connectivity index (χ1v) is 3.22. The van der Waals surface area contributed by atoms with Crippen LogP contribution in [0.25, 0.3) is 10.4 Å². The summed E-state index contributed by atoms with van der Waals surface area (Å²) >= 11 is 0. The van der Waals surface area contributed by atoms with Gasteiger partial charge in [-0.25, -0.2) is 4.98 Å². The van der Waals surface area contributed by atoms with Crippen molar-refractivity contribution in [3.63, 3.8) is 0 Å². The molecule has 0 aliphatic carbocycles. The van der Waals surface area contributed by atoms with Gasteiger partial charge >= 0.3 is 0 Å². The van der Waals surface area contributed by atoms with Crippen LogP contribution in [-0.4, -0.2) is 4.98 Å². The van der Waals surface area contributed by atoms with E-state index in [0.717, 1.165) is 5.56 Å². The Morgan fingerprint density at radius 2 is 2.58 bits per heavy atom. The molecule has 58 valence electrons. The third-order valence-electron chi connectivity index (χ3n) is 1.26. The van der Waals surface area contributed by atoms with E-state index in [1.165, 1.54) is 6.20 Å². The summed E-state index contributed by atoms with van der Waals surface area (Å²) in [7, 11) is 0. The molecule has 0 saturated carbocycles. The monoisotopic (exact) mass is 159 g/mol. The average Bonchev–Trinajstić information content (AvgIpc) is 2.15. The molecule has 0 bridgehead atoms. The molecule has 0 aliphatic heterocycles. The standard InChI is InChI=1S/C7H5N5/c8-4-7-3-6(1-2-10-7)5-11-12-9/h1-3H,5H2. The van der Waals surface area contributed by atoms with Gasteiger partial charge in [0.15, 0.2) is 0 Å². The first-order valence-electron chi connectivity index (χ1n) is 3.22. The van der Waals surface area contributed by atoms with Gasteiger partial charge in [0, 0.05) is 11.1 Å². The highest BCUT2D eigenvalue weighted by molar-refractivity contribution is 5.25. The number of azide groups is 1. The highest BCUT2D eigenvalue weighted by atomic mass is 15.1. The summed E-state index contributed by atoms with van der Waals surface area (Å²) in [6, 6.07) is 5.19. The summed E-state index contributed by atoms with van der Waals surface area (Å²) < 4.78 is 0. The summed E-state index contributed by atoms with van der Waals surface area (Å²) in [5, 5.41) is 11.8. The quantitative estimate of drug-likeness (QED) is 0.374. The van der Waals surface area contributed by atoms with Crippen molar-refractivity contribution in [2.45, 2.75) is 6.54 Å². The third kappa shape index (κ3) is 1.97. The highest BCUT2D eigenvalue weighted by Gasteiger charge is 1.93. The molecule has 0 aliphatic rings. The van der Waals surface area contributed by atoms with Crippen LogP contribution in [0, 0.1) is 11.3 Å². The van der Waals surface area contributed by atoms with Crippen LogP contribution in [0.15, 0.2) is 23.4 Å². The number of pyridine rings is 1. The average molecular weight is 159 g/mol. The molecule has 1 aromatic rings. The largest absolute Gasteiger partial charge is 0.246 e. The fourth-order valence-corrected chi connectivity index (χ4v) is 0.747. The van der Waals surface area contributed by atoms with E-state index in [0.29, 0.717) is 5.69 Å². The summed E-state index contributed by atoms with van der Waals surface area (Å²) in [4.78, 5) is 6.38. The van der Waals surface area contributed by atoms with Crippen LogP contribution in [0.2, 0.25) is 0 Å². The topological polar surface area (TPSA) is 85.4 Å². The zero-order valence-electron chi connectivity index (χ0n) is 6.18. The van der Waals surface area contributed by atoms with E-state index in [4.69, 9.17) is 10.8 Å². The van der Waals surface area contributed by atoms with Crippen molar-refractivity contribution >= 4 is 0 Å². The summed E-state index contributed by atoms with van der Waals surface area (Å²) in [5.74, 6) is 0. The first-order chi connectivity index (χ1) is 5.86. The number of rotatable bonds is 2. The lowest BCUT2D eigenvalue weighted by molar-refractivity contribution is 1.03. The van der Waals surface area contributed by atoms with Crippen LogP contribution < -0.4 is 0 Å². The van der Waals surface area contributed by atoms with Gasteiger partial charge < -0.3 is 0 Å². The van der Waals surface area contributed by atoms with Gasteiger partial charge in [-0.1, -0.05) is 5.11 Å². The molecule has 1 rings (SSSR count). The zero-order chi connectivity index (χ0) is 8.81. The Morgan fingerprint density at radius 3 is 3.25 bits per heavy atom. The molecule has 12 heavy (non-hydrogen) atoms. The van der Waals surface area contributed by atoms with Gasteiger partial charge in [-0.3, -0.25) is 0 Å². The minimum absolute atomic E-state index is 0.258. The molecule has 0 radical (unpaired) electrons. The third-order valence-corrected chi connectivity index (χ3v) is 1.26. The maximum absolute atomic E-state index is 8.47. The van der Waals surface area contributed by atoms with Gasteiger partial charge in [0.05, 0.1) is 6.54 Å². The lowest BCUT2D eigenvalue weighted by Crippen LogP contribution is -1.85. The molecule has 0 fully saturated rings. The molecule has 0 saturated heterocycles. The second kappa shape index (κ2) is 3.96. The van der Waals surface area contributed by atoms with Gasteiger partial charge in [-0.05, 0) is 23.2 Å². The summed E-state index contributed by atoms with van der Waals surface area (Å²) in [5.41, 5.74) is 9.16. The SMILES string of the molecule is N#Cc1cc(CN=[N+]=[N-])ccn1. The van der Waals surface area contributed by atoms with Crippen LogP contribution in [0.3, 0.4) is 0 Å². The van der Waals surface area contributed by atoms with E-state index in [-0.39, 0.29) is 6.54 Å². The first kappa shape index (κ1) is 8.05. The molecule has 0 spiro atoms. The van der Waals surface area contributed by atoms with Gasteiger partial charge in [0.1, 0.15) is 11.8 Å². The summed E-state index contributed by atoms with van der Waals surface area (Å²) in [6.45, 7) is 0.258. The smallest absolute Gasteiger partial charge is 0.140 e. The van der Waals surface area contributed by atoms with Crippen LogP contribution in [-0.2, 0) is 6.54 Å². The van der Waals surface area contributed by atoms with Crippen molar-refractivity contribution in [2.75, 3.05) is 0 Å². The Hall–Kier alpha value is -2.05.